The molecule has 0 aliphatic heterocycles. The molecule has 0 saturated heterocycles. The topological polar surface area (TPSA) is 103 Å². The molecule has 0 atom stereocenters. The van der Waals surface area contributed by atoms with Gasteiger partial charge in [-0.2, -0.15) is 0 Å². The van der Waals surface area contributed by atoms with Crippen LogP contribution in [0.15, 0.2) is 29.4 Å². The van der Waals surface area contributed by atoms with Crippen LogP contribution in [0.1, 0.15) is 24.4 Å². The van der Waals surface area contributed by atoms with Crippen LogP contribution in [0.2, 0.25) is 0 Å². The van der Waals surface area contributed by atoms with E-state index < -0.39 is 0 Å². The third-order valence-electron chi connectivity index (χ3n) is 3.10. The van der Waals surface area contributed by atoms with Crippen LogP contribution in [-0.4, -0.2) is 38.4 Å². The van der Waals surface area contributed by atoms with E-state index in [4.69, 9.17) is 15.9 Å². The molecule has 3 N–H and O–H groups in total. The molecule has 1 heterocycles. The molecule has 21 heavy (non-hydrogen) atoms. The highest BCUT2D eigenvalue weighted by molar-refractivity contribution is 7.99. The summed E-state index contributed by atoms with van der Waals surface area (Å²) in [6.45, 7) is 0.571. The van der Waals surface area contributed by atoms with E-state index >= 15 is 0 Å². The van der Waals surface area contributed by atoms with Crippen molar-refractivity contribution in [1.82, 2.24) is 20.2 Å². The van der Waals surface area contributed by atoms with Crippen molar-refractivity contribution in [2.75, 3.05) is 12.4 Å². The van der Waals surface area contributed by atoms with Crippen molar-refractivity contribution in [1.29, 1.82) is 5.41 Å². The number of ether oxygens (including phenoxy) is 1. The Morgan fingerprint density at radius 1 is 1.38 bits per heavy atom. The van der Waals surface area contributed by atoms with E-state index in [2.05, 4.69) is 15.5 Å². The second kappa shape index (κ2) is 6.13. The summed E-state index contributed by atoms with van der Waals surface area (Å²) in [5, 5.41) is 19.9. The highest BCUT2D eigenvalue weighted by Gasteiger charge is 2.27. The van der Waals surface area contributed by atoms with E-state index in [1.807, 2.05) is 16.8 Å². The maximum absolute atomic E-state index is 7.33. The number of nitrogens with zero attached hydrogens (tertiary/aromatic N) is 4. The number of aromatic nitrogens is 4. The lowest BCUT2D eigenvalue weighted by Gasteiger charge is -2.06. The third-order valence-corrected chi connectivity index (χ3v) is 4.00. The predicted molar refractivity (Wildman–Crippen MR) is 79.8 cm³/mol. The first-order valence-electron chi connectivity index (χ1n) is 6.72. The molecule has 0 spiro atoms. The van der Waals surface area contributed by atoms with Crippen LogP contribution < -0.4 is 10.5 Å². The lowest BCUT2D eigenvalue weighted by atomic mass is 10.2. The molecule has 0 unspecified atom stereocenters. The summed E-state index contributed by atoms with van der Waals surface area (Å²) in [7, 11) is 0. The number of benzene rings is 1. The maximum Gasteiger partial charge on any atom is 0.209 e. The summed E-state index contributed by atoms with van der Waals surface area (Å²) in [6.07, 6.45) is 2.33. The molecule has 1 aromatic heterocycles. The molecule has 1 aliphatic carbocycles. The number of rotatable bonds is 7. The van der Waals surface area contributed by atoms with Gasteiger partial charge in [-0.3, -0.25) is 5.41 Å². The Hall–Kier alpha value is -2.09. The highest BCUT2D eigenvalue weighted by atomic mass is 32.2. The minimum Gasteiger partial charge on any atom is -0.493 e. The van der Waals surface area contributed by atoms with Gasteiger partial charge in [0.25, 0.3) is 0 Å². The standard InChI is InChI=1S/C13H16N6OS/c14-12(15)9-1-5-11(6-2-9)20-7-8-21-13-16-17-18-19(13)10-3-4-10/h1-2,5-6,10H,3-4,7-8H2,(H3,14,15). The van der Waals surface area contributed by atoms with E-state index in [1.165, 1.54) is 0 Å². The second-order valence-corrected chi connectivity index (χ2v) is 5.83. The van der Waals surface area contributed by atoms with Crippen LogP contribution in [0.5, 0.6) is 5.75 Å². The number of tetrazole rings is 1. The fraction of sp³-hybridized carbons (Fsp3) is 0.385. The van der Waals surface area contributed by atoms with Crippen LogP contribution in [0.3, 0.4) is 0 Å². The molecule has 8 heteroatoms. The van der Waals surface area contributed by atoms with Crippen molar-refractivity contribution in [3.05, 3.63) is 29.8 Å². The number of nitrogen functional groups attached to an aromatic ring is 1. The van der Waals surface area contributed by atoms with Crippen molar-refractivity contribution >= 4 is 17.6 Å². The van der Waals surface area contributed by atoms with Gasteiger partial charge in [0.15, 0.2) is 0 Å². The van der Waals surface area contributed by atoms with Crippen LogP contribution in [0, 0.1) is 5.41 Å². The smallest absolute Gasteiger partial charge is 0.209 e. The fourth-order valence-corrected chi connectivity index (χ4v) is 2.61. The van der Waals surface area contributed by atoms with Gasteiger partial charge in [0.1, 0.15) is 11.6 Å². The fourth-order valence-electron chi connectivity index (χ4n) is 1.85. The van der Waals surface area contributed by atoms with Crippen molar-refractivity contribution in [3.8, 4) is 5.75 Å². The maximum atomic E-state index is 7.33. The quantitative estimate of drug-likeness (QED) is 0.347. The van der Waals surface area contributed by atoms with Gasteiger partial charge in [-0.1, -0.05) is 11.8 Å². The molecular formula is C13H16N6OS. The van der Waals surface area contributed by atoms with Crippen LogP contribution in [0.25, 0.3) is 0 Å². The summed E-state index contributed by atoms with van der Waals surface area (Å²) < 4.78 is 7.54. The number of amidine groups is 1. The van der Waals surface area contributed by atoms with E-state index in [0.717, 1.165) is 29.5 Å². The van der Waals surface area contributed by atoms with Gasteiger partial charge in [0, 0.05) is 11.3 Å². The minimum absolute atomic E-state index is 0.0593. The number of nitrogens with one attached hydrogen (secondary N) is 1. The molecule has 0 amide bonds. The van der Waals surface area contributed by atoms with Crippen molar-refractivity contribution in [2.45, 2.75) is 24.0 Å². The van der Waals surface area contributed by atoms with Gasteiger partial charge >= 0.3 is 0 Å². The molecular weight excluding hydrogens is 288 g/mol. The molecule has 7 nitrogen and oxygen atoms in total. The summed E-state index contributed by atoms with van der Waals surface area (Å²) in [5.41, 5.74) is 6.10. The molecule has 3 rings (SSSR count). The largest absolute Gasteiger partial charge is 0.493 e. The summed E-state index contributed by atoms with van der Waals surface area (Å²) in [5.74, 6) is 1.60. The Labute approximate surface area is 126 Å². The highest BCUT2D eigenvalue weighted by Crippen LogP contribution is 2.36. The van der Waals surface area contributed by atoms with Gasteiger partial charge < -0.3 is 10.5 Å². The SMILES string of the molecule is N=C(N)c1ccc(OCCSc2nnnn2C2CC2)cc1. The summed E-state index contributed by atoms with van der Waals surface area (Å²) in [6, 6.07) is 7.67. The van der Waals surface area contributed by atoms with Gasteiger partial charge in [0.05, 0.1) is 12.6 Å². The van der Waals surface area contributed by atoms with Crippen LogP contribution in [-0.2, 0) is 0 Å². The predicted octanol–water partition coefficient (Wildman–Crippen LogP) is 1.46. The van der Waals surface area contributed by atoms with E-state index in [0.29, 0.717) is 18.2 Å². The number of hydrogen-bond donors (Lipinski definition) is 2. The van der Waals surface area contributed by atoms with Crippen molar-refractivity contribution < 1.29 is 4.74 Å². The van der Waals surface area contributed by atoms with Gasteiger partial charge in [0.2, 0.25) is 5.16 Å². The van der Waals surface area contributed by atoms with Crippen LogP contribution in [0.4, 0.5) is 0 Å². The zero-order chi connectivity index (χ0) is 14.7. The zero-order valence-electron chi connectivity index (χ0n) is 11.4. The van der Waals surface area contributed by atoms with E-state index in [9.17, 15) is 0 Å². The normalized spacial score (nSPS) is 14.1. The molecule has 110 valence electrons. The van der Waals surface area contributed by atoms with Gasteiger partial charge in [-0.25, -0.2) is 4.68 Å². The second-order valence-electron chi connectivity index (χ2n) is 4.77. The molecule has 1 aliphatic rings. The number of thioether (sulfide) groups is 1. The molecule has 0 radical (unpaired) electrons. The van der Waals surface area contributed by atoms with Crippen molar-refractivity contribution in [3.63, 3.8) is 0 Å². The van der Waals surface area contributed by atoms with Crippen molar-refractivity contribution in [2.24, 2.45) is 5.73 Å². The zero-order valence-corrected chi connectivity index (χ0v) is 12.2. The Morgan fingerprint density at radius 3 is 2.81 bits per heavy atom. The van der Waals surface area contributed by atoms with Gasteiger partial charge in [-0.15, -0.1) is 5.10 Å². The Balaban J connectivity index is 1.45. The summed E-state index contributed by atoms with van der Waals surface area (Å²) >= 11 is 1.60. The molecule has 2 aromatic rings. The average molecular weight is 304 g/mol. The Kier molecular flexibility index (Phi) is 4.05. The Bertz CT molecular complexity index is 622. The first-order chi connectivity index (χ1) is 10.2. The summed E-state index contributed by atoms with van der Waals surface area (Å²) in [4.78, 5) is 0. The third kappa shape index (κ3) is 3.52. The first-order valence-corrected chi connectivity index (χ1v) is 7.70. The lowest BCUT2D eigenvalue weighted by molar-refractivity contribution is 0.343. The molecule has 0 bridgehead atoms. The average Bonchev–Trinajstić information content (AvgIpc) is 3.23. The van der Waals surface area contributed by atoms with Gasteiger partial charge in [-0.05, 0) is 47.5 Å². The monoisotopic (exact) mass is 304 g/mol. The minimum atomic E-state index is 0.0593. The first kappa shape index (κ1) is 13.9. The Morgan fingerprint density at radius 2 is 2.14 bits per heavy atom. The molecule has 1 saturated carbocycles. The van der Waals surface area contributed by atoms with E-state index in [1.54, 1.807) is 23.9 Å². The lowest BCUT2D eigenvalue weighted by Crippen LogP contribution is -2.10. The number of nitrogens with two attached hydrogens (primary N) is 1. The van der Waals surface area contributed by atoms with Crippen LogP contribution >= 0.6 is 11.8 Å². The number of hydrogen-bond acceptors (Lipinski definition) is 6. The molecule has 1 fully saturated rings. The van der Waals surface area contributed by atoms with E-state index in [-0.39, 0.29) is 5.84 Å². The molecule has 1 aromatic carbocycles.